The van der Waals surface area contributed by atoms with Crippen LogP contribution < -0.4 is 10.9 Å². The molecule has 1 amide bonds. The number of hydrogen-bond donors (Lipinski definition) is 2. The van der Waals surface area contributed by atoms with Crippen LogP contribution in [0.1, 0.15) is 15.9 Å². The summed E-state index contributed by atoms with van der Waals surface area (Å²) >= 11 is 5.66. The van der Waals surface area contributed by atoms with E-state index >= 15 is 0 Å². The van der Waals surface area contributed by atoms with Crippen LogP contribution in [0, 0.1) is 0 Å². The first-order valence-electron chi connectivity index (χ1n) is 9.67. The molecule has 5 nitrogen and oxygen atoms in total. The van der Waals surface area contributed by atoms with Crippen LogP contribution in [-0.2, 0) is 6.18 Å². The molecule has 0 aliphatic heterocycles. The minimum Gasteiger partial charge on any atom is -0.322 e. The van der Waals surface area contributed by atoms with Crippen molar-refractivity contribution in [3.63, 3.8) is 0 Å². The Hall–Kier alpha value is -3.91. The smallest absolute Gasteiger partial charge is 0.322 e. The molecule has 4 aromatic rings. The Morgan fingerprint density at radius 1 is 0.909 bits per heavy atom. The summed E-state index contributed by atoms with van der Waals surface area (Å²) in [4.78, 5) is 25.9. The van der Waals surface area contributed by atoms with Crippen molar-refractivity contribution in [3.8, 4) is 22.4 Å². The van der Waals surface area contributed by atoms with E-state index in [0.717, 1.165) is 12.1 Å². The molecule has 0 radical (unpaired) electrons. The minimum absolute atomic E-state index is 0.159. The summed E-state index contributed by atoms with van der Waals surface area (Å²) in [5.74, 6) is -0.884. The summed E-state index contributed by atoms with van der Waals surface area (Å²) in [6.45, 7) is 0. The van der Waals surface area contributed by atoms with E-state index in [0.29, 0.717) is 16.8 Å². The average molecular weight is 470 g/mol. The fourth-order valence-electron chi connectivity index (χ4n) is 3.37. The standard InChI is InChI=1S/C24H15ClF3N3O2/c25-18-12-11-16(13-17(18)24(26,27)28)29-22(32)20-19(14-7-3-1-4-8-14)21(30-31-23(20)33)15-9-5-2-6-10-15/h1-13H,(H,29,32)(H,31,33). The largest absolute Gasteiger partial charge is 0.417 e. The molecule has 0 saturated carbocycles. The van der Waals surface area contributed by atoms with Crippen LogP contribution in [0.15, 0.2) is 83.7 Å². The number of nitrogens with zero attached hydrogens (tertiary/aromatic N) is 1. The van der Waals surface area contributed by atoms with Gasteiger partial charge < -0.3 is 5.32 Å². The molecule has 2 N–H and O–H groups in total. The summed E-state index contributed by atoms with van der Waals surface area (Å²) in [7, 11) is 0. The molecule has 0 unspecified atom stereocenters. The molecule has 33 heavy (non-hydrogen) atoms. The van der Waals surface area contributed by atoms with E-state index in [1.54, 1.807) is 54.6 Å². The summed E-state index contributed by atoms with van der Waals surface area (Å²) < 4.78 is 39.7. The lowest BCUT2D eigenvalue weighted by atomic mass is 9.95. The number of aromatic nitrogens is 2. The quantitative estimate of drug-likeness (QED) is 0.383. The summed E-state index contributed by atoms with van der Waals surface area (Å²) in [5.41, 5.74) is -0.520. The number of alkyl halides is 3. The highest BCUT2D eigenvalue weighted by Gasteiger charge is 2.33. The zero-order valence-electron chi connectivity index (χ0n) is 16.8. The second-order valence-electron chi connectivity index (χ2n) is 7.03. The lowest BCUT2D eigenvalue weighted by molar-refractivity contribution is -0.137. The first kappa shape index (κ1) is 22.3. The molecule has 1 heterocycles. The van der Waals surface area contributed by atoms with E-state index in [9.17, 15) is 22.8 Å². The predicted molar refractivity (Wildman–Crippen MR) is 120 cm³/mol. The van der Waals surface area contributed by atoms with Crippen LogP contribution in [0.5, 0.6) is 0 Å². The average Bonchev–Trinajstić information content (AvgIpc) is 2.80. The maximum absolute atomic E-state index is 13.2. The highest BCUT2D eigenvalue weighted by molar-refractivity contribution is 6.31. The Labute approximate surface area is 190 Å². The third-order valence-electron chi connectivity index (χ3n) is 4.85. The van der Waals surface area contributed by atoms with E-state index in [-0.39, 0.29) is 16.8 Å². The molecule has 0 atom stereocenters. The number of carbonyl (C=O) groups is 1. The second-order valence-corrected chi connectivity index (χ2v) is 7.44. The van der Waals surface area contributed by atoms with Crippen molar-refractivity contribution in [1.29, 1.82) is 0 Å². The molecule has 0 aliphatic carbocycles. The van der Waals surface area contributed by atoms with E-state index in [4.69, 9.17) is 11.6 Å². The van der Waals surface area contributed by atoms with Gasteiger partial charge in [0.2, 0.25) is 0 Å². The highest BCUT2D eigenvalue weighted by atomic mass is 35.5. The Bertz CT molecular complexity index is 1370. The van der Waals surface area contributed by atoms with Gasteiger partial charge in [-0.25, -0.2) is 5.10 Å². The van der Waals surface area contributed by atoms with Crippen molar-refractivity contribution in [2.75, 3.05) is 5.32 Å². The summed E-state index contributed by atoms with van der Waals surface area (Å²) in [5, 5.41) is 8.35. The predicted octanol–water partition coefficient (Wildman–Crippen LogP) is 6.03. The van der Waals surface area contributed by atoms with Crippen molar-refractivity contribution in [2.45, 2.75) is 6.18 Å². The Morgan fingerprint density at radius 2 is 1.52 bits per heavy atom. The van der Waals surface area contributed by atoms with Crippen molar-refractivity contribution in [2.24, 2.45) is 0 Å². The Morgan fingerprint density at radius 3 is 2.12 bits per heavy atom. The first-order valence-corrected chi connectivity index (χ1v) is 10.0. The number of carbonyl (C=O) groups excluding carboxylic acids is 1. The second kappa shape index (κ2) is 8.91. The van der Waals surface area contributed by atoms with Gasteiger partial charge >= 0.3 is 6.18 Å². The fraction of sp³-hybridized carbons (Fsp3) is 0.0417. The van der Waals surface area contributed by atoms with E-state index in [2.05, 4.69) is 15.5 Å². The lowest BCUT2D eigenvalue weighted by Crippen LogP contribution is -2.26. The van der Waals surface area contributed by atoms with Gasteiger partial charge in [0.15, 0.2) is 0 Å². The minimum atomic E-state index is -4.71. The normalized spacial score (nSPS) is 11.3. The summed E-state index contributed by atoms with van der Waals surface area (Å²) in [6, 6.07) is 20.6. The molecule has 166 valence electrons. The molecular weight excluding hydrogens is 455 g/mol. The molecule has 0 spiro atoms. The van der Waals surface area contributed by atoms with E-state index in [1.807, 2.05) is 6.07 Å². The van der Waals surface area contributed by atoms with Crippen molar-refractivity contribution < 1.29 is 18.0 Å². The Kier molecular flexibility index (Phi) is 6.02. The number of hydrogen-bond acceptors (Lipinski definition) is 3. The molecule has 9 heteroatoms. The monoisotopic (exact) mass is 469 g/mol. The maximum atomic E-state index is 13.2. The molecule has 1 aromatic heterocycles. The van der Waals surface area contributed by atoms with Crippen LogP contribution in [0.2, 0.25) is 5.02 Å². The highest BCUT2D eigenvalue weighted by Crippen LogP contribution is 2.37. The Balaban J connectivity index is 1.86. The molecule has 4 rings (SSSR count). The van der Waals surface area contributed by atoms with E-state index < -0.39 is 28.2 Å². The maximum Gasteiger partial charge on any atom is 0.417 e. The zero-order chi connectivity index (χ0) is 23.6. The van der Waals surface area contributed by atoms with Crippen molar-refractivity contribution >= 4 is 23.2 Å². The van der Waals surface area contributed by atoms with Gasteiger partial charge in [-0.15, -0.1) is 0 Å². The van der Waals surface area contributed by atoms with Gasteiger partial charge in [-0.05, 0) is 23.8 Å². The zero-order valence-corrected chi connectivity index (χ0v) is 17.5. The fourth-order valence-corrected chi connectivity index (χ4v) is 3.60. The molecule has 0 bridgehead atoms. The number of rotatable bonds is 4. The molecule has 0 aliphatic rings. The van der Waals surface area contributed by atoms with Gasteiger partial charge in [-0.3, -0.25) is 9.59 Å². The number of anilines is 1. The van der Waals surface area contributed by atoms with Gasteiger partial charge in [0.05, 0.1) is 16.3 Å². The van der Waals surface area contributed by atoms with Gasteiger partial charge in [0.1, 0.15) is 5.56 Å². The number of amides is 1. The van der Waals surface area contributed by atoms with Crippen LogP contribution in [0.4, 0.5) is 18.9 Å². The number of benzene rings is 3. The third-order valence-corrected chi connectivity index (χ3v) is 5.18. The molecule has 3 aromatic carbocycles. The lowest BCUT2D eigenvalue weighted by Gasteiger charge is -2.15. The topological polar surface area (TPSA) is 74.8 Å². The van der Waals surface area contributed by atoms with Gasteiger partial charge in [0.25, 0.3) is 11.5 Å². The molecular formula is C24H15ClF3N3O2. The van der Waals surface area contributed by atoms with Crippen LogP contribution in [0.25, 0.3) is 22.4 Å². The van der Waals surface area contributed by atoms with Gasteiger partial charge in [-0.2, -0.15) is 18.3 Å². The number of aromatic amines is 1. The van der Waals surface area contributed by atoms with Crippen LogP contribution >= 0.6 is 11.6 Å². The number of nitrogens with one attached hydrogen (secondary N) is 2. The third kappa shape index (κ3) is 4.65. The SMILES string of the molecule is O=C(Nc1ccc(Cl)c(C(F)(F)F)c1)c1c(-c2ccccc2)c(-c2ccccc2)n[nH]c1=O. The number of H-pyrrole nitrogens is 1. The number of halogens is 4. The van der Waals surface area contributed by atoms with Gasteiger partial charge in [0, 0.05) is 16.8 Å². The summed E-state index contributed by atoms with van der Waals surface area (Å²) in [6.07, 6.45) is -4.71. The van der Waals surface area contributed by atoms with Crippen LogP contribution in [0.3, 0.4) is 0 Å². The van der Waals surface area contributed by atoms with E-state index in [1.165, 1.54) is 6.07 Å². The molecule has 0 saturated heterocycles. The van der Waals surface area contributed by atoms with Crippen molar-refractivity contribution in [3.05, 3.63) is 105 Å². The van der Waals surface area contributed by atoms with Gasteiger partial charge in [-0.1, -0.05) is 72.3 Å². The van der Waals surface area contributed by atoms with Crippen LogP contribution in [-0.4, -0.2) is 16.1 Å². The first-order chi connectivity index (χ1) is 15.8. The molecule has 0 fully saturated rings. The van der Waals surface area contributed by atoms with Crippen molar-refractivity contribution in [1.82, 2.24) is 10.2 Å².